The van der Waals surface area contributed by atoms with Crippen molar-refractivity contribution in [2.75, 3.05) is 7.11 Å². The monoisotopic (exact) mass is 233 g/mol. The van der Waals surface area contributed by atoms with E-state index in [-0.39, 0.29) is 11.4 Å². The van der Waals surface area contributed by atoms with Crippen molar-refractivity contribution in [3.8, 4) is 11.6 Å². The highest BCUT2D eigenvalue weighted by molar-refractivity contribution is 5.72. The molecule has 0 radical (unpaired) electrons. The summed E-state index contributed by atoms with van der Waals surface area (Å²) >= 11 is 0. The minimum atomic E-state index is -2.97. The maximum absolute atomic E-state index is 12.7. The molecule has 88 valence electrons. The van der Waals surface area contributed by atoms with Gasteiger partial charge in [0.15, 0.2) is 0 Å². The Kier molecular flexibility index (Phi) is 3.60. The Morgan fingerprint density at radius 2 is 2.25 bits per heavy atom. The van der Waals surface area contributed by atoms with E-state index in [4.69, 9.17) is 5.11 Å². The molecule has 2 N–H and O–H groups in total. The number of hydrogen-bond donors (Lipinski definition) is 2. The van der Waals surface area contributed by atoms with Gasteiger partial charge in [0.1, 0.15) is 5.75 Å². The molecule has 0 aliphatic carbocycles. The van der Waals surface area contributed by atoms with Crippen molar-refractivity contribution in [1.29, 1.82) is 0 Å². The third-order valence-electron chi connectivity index (χ3n) is 1.91. The first-order valence-corrected chi connectivity index (χ1v) is 4.22. The third-order valence-corrected chi connectivity index (χ3v) is 1.91. The first-order chi connectivity index (χ1) is 7.47. The summed E-state index contributed by atoms with van der Waals surface area (Å²) in [5.41, 5.74) is -1.07. The van der Waals surface area contributed by atoms with E-state index in [9.17, 15) is 18.7 Å². The molecule has 0 bridgehead atoms. The van der Waals surface area contributed by atoms with Crippen LogP contribution in [0, 0.1) is 0 Å². The summed E-state index contributed by atoms with van der Waals surface area (Å²) < 4.78 is 30.0. The number of carboxylic acids is 1. The fourth-order valence-electron chi connectivity index (χ4n) is 1.26. The first-order valence-electron chi connectivity index (χ1n) is 4.22. The Balaban J connectivity index is 3.35. The Hall–Kier alpha value is -1.92. The van der Waals surface area contributed by atoms with E-state index in [1.165, 1.54) is 0 Å². The molecule has 0 saturated carbocycles. The summed E-state index contributed by atoms with van der Waals surface area (Å²) in [6, 6.07) is 0. The van der Waals surface area contributed by atoms with Gasteiger partial charge in [0.25, 0.3) is 6.43 Å². The Morgan fingerprint density at radius 3 is 2.69 bits per heavy atom. The molecule has 0 spiro atoms. The third kappa shape index (κ3) is 2.36. The fraction of sp³-hybridized carbons (Fsp3) is 0.333. The van der Waals surface area contributed by atoms with Crippen molar-refractivity contribution in [2.24, 2.45) is 0 Å². The highest BCUT2D eigenvalue weighted by Gasteiger charge is 2.24. The number of carboxylic acid groups (broad SMARTS) is 1. The van der Waals surface area contributed by atoms with Crippen molar-refractivity contribution >= 4 is 5.97 Å². The van der Waals surface area contributed by atoms with Crippen molar-refractivity contribution < 1.29 is 28.5 Å². The van der Waals surface area contributed by atoms with Crippen molar-refractivity contribution in [3.63, 3.8) is 0 Å². The zero-order chi connectivity index (χ0) is 12.3. The van der Waals surface area contributed by atoms with Gasteiger partial charge in [-0.05, 0) is 0 Å². The van der Waals surface area contributed by atoms with Crippen LogP contribution < -0.4 is 4.74 Å². The second kappa shape index (κ2) is 4.73. The lowest BCUT2D eigenvalue weighted by atomic mass is 10.1. The van der Waals surface area contributed by atoms with Crippen LogP contribution in [0.15, 0.2) is 6.20 Å². The number of aromatic nitrogens is 1. The molecular formula is C9H9F2NO4. The van der Waals surface area contributed by atoms with Gasteiger partial charge in [-0.2, -0.15) is 0 Å². The van der Waals surface area contributed by atoms with E-state index in [1.54, 1.807) is 0 Å². The molecular weight excluding hydrogens is 224 g/mol. The summed E-state index contributed by atoms with van der Waals surface area (Å²) in [5, 5.41) is 17.8. The van der Waals surface area contributed by atoms with Gasteiger partial charge in [-0.25, -0.2) is 13.8 Å². The van der Waals surface area contributed by atoms with Gasteiger partial charge >= 0.3 is 5.97 Å². The lowest BCUT2D eigenvalue weighted by molar-refractivity contribution is -0.136. The van der Waals surface area contributed by atoms with Gasteiger partial charge in [0, 0.05) is 5.56 Å². The molecule has 0 aromatic carbocycles. The molecule has 16 heavy (non-hydrogen) atoms. The largest absolute Gasteiger partial charge is 0.506 e. The maximum Gasteiger partial charge on any atom is 0.307 e. The van der Waals surface area contributed by atoms with E-state index in [1.807, 2.05) is 0 Å². The zero-order valence-corrected chi connectivity index (χ0v) is 8.28. The maximum atomic E-state index is 12.7. The number of aromatic hydroxyl groups is 1. The molecule has 1 heterocycles. The number of pyridine rings is 1. The molecule has 5 nitrogen and oxygen atoms in total. The van der Waals surface area contributed by atoms with E-state index >= 15 is 0 Å². The number of hydrogen-bond acceptors (Lipinski definition) is 4. The highest BCUT2D eigenvalue weighted by atomic mass is 19.3. The van der Waals surface area contributed by atoms with Crippen LogP contribution in [0.25, 0.3) is 0 Å². The minimum Gasteiger partial charge on any atom is -0.506 e. The number of carbonyl (C=O) groups is 1. The van der Waals surface area contributed by atoms with Gasteiger partial charge in [-0.15, -0.1) is 0 Å². The fourth-order valence-corrected chi connectivity index (χ4v) is 1.26. The summed E-state index contributed by atoms with van der Waals surface area (Å²) in [6.45, 7) is 0. The smallest absolute Gasteiger partial charge is 0.307 e. The van der Waals surface area contributed by atoms with Gasteiger partial charge in [-0.3, -0.25) is 4.79 Å². The number of nitrogens with zero attached hydrogens (tertiary/aromatic N) is 1. The first kappa shape index (κ1) is 12.2. The molecule has 0 atom stereocenters. The summed E-state index contributed by atoms with van der Waals surface area (Å²) in [5.74, 6) is -2.30. The normalized spacial score (nSPS) is 10.5. The Labute approximate surface area is 89.3 Å². The number of halogens is 2. The summed E-state index contributed by atoms with van der Waals surface area (Å²) in [7, 11) is 1.13. The molecule has 7 heteroatoms. The molecule has 0 aliphatic heterocycles. The van der Waals surface area contributed by atoms with Gasteiger partial charge in [0.05, 0.1) is 25.3 Å². The van der Waals surface area contributed by atoms with Crippen molar-refractivity contribution in [2.45, 2.75) is 12.8 Å². The number of ether oxygens (including phenoxy) is 1. The second-order valence-electron chi connectivity index (χ2n) is 2.92. The van der Waals surface area contributed by atoms with Gasteiger partial charge < -0.3 is 14.9 Å². The number of alkyl halides is 2. The number of methoxy groups -OCH3 is 1. The predicted molar refractivity (Wildman–Crippen MR) is 48.8 cm³/mol. The molecule has 1 rings (SSSR count). The van der Waals surface area contributed by atoms with Crippen LogP contribution in [0.2, 0.25) is 0 Å². The minimum absolute atomic E-state index is 0.380. The van der Waals surface area contributed by atoms with Gasteiger partial charge in [-0.1, -0.05) is 0 Å². The Morgan fingerprint density at radius 1 is 1.62 bits per heavy atom. The number of rotatable bonds is 4. The second-order valence-corrected chi connectivity index (χ2v) is 2.92. The van der Waals surface area contributed by atoms with E-state index in [0.717, 1.165) is 13.3 Å². The van der Waals surface area contributed by atoms with Crippen LogP contribution >= 0.6 is 0 Å². The lowest BCUT2D eigenvalue weighted by Crippen LogP contribution is -2.07. The lowest BCUT2D eigenvalue weighted by Gasteiger charge is -2.12. The van der Waals surface area contributed by atoms with Crippen LogP contribution in [0.5, 0.6) is 11.6 Å². The molecule has 0 amide bonds. The van der Waals surface area contributed by atoms with Crippen molar-refractivity contribution in [3.05, 3.63) is 17.3 Å². The van der Waals surface area contributed by atoms with Crippen LogP contribution in [0.1, 0.15) is 17.6 Å². The SMILES string of the molecule is COc1ncc(O)c(CC(=O)O)c1C(F)F. The van der Waals surface area contributed by atoms with E-state index in [0.29, 0.717) is 0 Å². The average Bonchev–Trinajstić information content (AvgIpc) is 2.19. The van der Waals surface area contributed by atoms with Crippen LogP contribution in [-0.2, 0) is 11.2 Å². The quantitative estimate of drug-likeness (QED) is 0.820. The standard InChI is InChI=1S/C9H9F2NO4/c1-16-9-7(8(10)11)4(2-6(14)15)5(13)3-12-9/h3,8,13H,2H2,1H3,(H,14,15). The van der Waals surface area contributed by atoms with E-state index in [2.05, 4.69) is 9.72 Å². The summed E-state index contributed by atoms with van der Waals surface area (Å²) in [4.78, 5) is 13.9. The molecule has 0 unspecified atom stereocenters. The molecule has 0 saturated heterocycles. The molecule has 1 aromatic heterocycles. The van der Waals surface area contributed by atoms with Crippen molar-refractivity contribution in [1.82, 2.24) is 4.98 Å². The zero-order valence-electron chi connectivity index (χ0n) is 8.28. The van der Waals surface area contributed by atoms with Crippen LogP contribution in [-0.4, -0.2) is 28.3 Å². The van der Waals surface area contributed by atoms with E-state index < -0.39 is 30.1 Å². The Bertz CT molecular complexity index is 409. The highest BCUT2D eigenvalue weighted by Crippen LogP contribution is 2.35. The molecule has 0 aliphatic rings. The predicted octanol–water partition coefficient (Wildman–Crippen LogP) is 1.36. The topological polar surface area (TPSA) is 79.7 Å². The van der Waals surface area contributed by atoms with Crippen LogP contribution in [0.4, 0.5) is 8.78 Å². The van der Waals surface area contributed by atoms with Gasteiger partial charge in [0.2, 0.25) is 5.88 Å². The molecule has 1 aromatic rings. The summed E-state index contributed by atoms with van der Waals surface area (Å²) in [6.07, 6.45) is -2.81. The number of aliphatic carboxylic acids is 1. The average molecular weight is 233 g/mol. The van der Waals surface area contributed by atoms with Crippen LogP contribution in [0.3, 0.4) is 0 Å². The molecule has 0 fully saturated rings.